The van der Waals surface area contributed by atoms with Crippen molar-refractivity contribution >= 4 is 21.7 Å². The second kappa shape index (κ2) is 10.3. The molecule has 0 saturated carbocycles. The molecular weight excluding hydrogens is 473 g/mol. The molecule has 5 unspecified atom stereocenters. The van der Waals surface area contributed by atoms with E-state index in [9.17, 15) is 23.3 Å². The van der Waals surface area contributed by atoms with Crippen LogP contribution in [0, 0.1) is 5.82 Å². The molecule has 4 rings (SSSR count). The minimum atomic E-state index is -2.72. The number of carboxylic acid groups (broad SMARTS) is 1. The molecule has 10 heteroatoms. The molecule has 0 bridgehead atoms. The lowest BCUT2D eigenvalue weighted by molar-refractivity contribution is -0.149. The molecule has 2 aromatic carbocycles. The zero-order valence-corrected chi connectivity index (χ0v) is 20.5. The molecule has 0 spiro atoms. The molecule has 2 aliphatic rings. The molecule has 0 aromatic heterocycles. The van der Waals surface area contributed by atoms with Crippen LogP contribution in [0.3, 0.4) is 0 Å². The molecule has 2 aliphatic heterocycles. The van der Waals surface area contributed by atoms with Gasteiger partial charge in [-0.25, -0.2) is 17.8 Å². The van der Waals surface area contributed by atoms with Crippen molar-refractivity contribution in [1.29, 1.82) is 0 Å². The number of amides is 2. The van der Waals surface area contributed by atoms with Gasteiger partial charge in [-0.1, -0.05) is 43.3 Å². The first-order chi connectivity index (χ1) is 16.8. The zero-order valence-electron chi connectivity index (χ0n) is 19.7. The average Bonchev–Trinajstić information content (AvgIpc) is 2.87. The highest BCUT2D eigenvalue weighted by molar-refractivity contribution is 7.94. The minimum Gasteiger partial charge on any atom is -0.465 e. The van der Waals surface area contributed by atoms with Crippen LogP contribution in [0.25, 0.3) is 0 Å². The number of hydrogen-bond acceptors (Lipinski definition) is 5. The van der Waals surface area contributed by atoms with Gasteiger partial charge in [0.15, 0.2) is 0 Å². The first-order valence-corrected chi connectivity index (χ1v) is 13.4. The number of fused-ring (bicyclic) bond motifs is 1. The van der Waals surface area contributed by atoms with Crippen molar-refractivity contribution in [3.63, 3.8) is 0 Å². The summed E-state index contributed by atoms with van der Waals surface area (Å²) in [6.45, 7) is 2.13. The first-order valence-electron chi connectivity index (χ1n) is 11.6. The van der Waals surface area contributed by atoms with Gasteiger partial charge in [-0.05, 0) is 35.2 Å². The maximum Gasteiger partial charge on any atom is 0.404 e. The predicted molar refractivity (Wildman–Crippen MR) is 130 cm³/mol. The van der Waals surface area contributed by atoms with E-state index in [2.05, 4.69) is 9.68 Å². The molecule has 35 heavy (non-hydrogen) atoms. The Hall–Kier alpha value is -2.98. The van der Waals surface area contributed by atoms with Crippen LogP contribution >= 0.6 is 0 Å². The van der Waals surface area contributed by atoms with E-state index in [1.165, 1.54) is 19.2 Å². The Morgan fingerprint density at radius 1 is 1.23 bits per heavy atom. The number of hydrogen-bond donors (Lipinski definition) is 2. The third-order valence-electron chi connectivity index (χ3n) is 6.91. The number of rotatable bonds is 5. The quantitative estimate of drug-likeness (QED) is 0.652. The summed E-state index contributed by atoms with van der Waals surface area (Å²) in [5, 5.41) is 11.2. The maximum absolute atomic E-state index is 13.8. The number of ether oxygens (including phenoxy) is 1. The first kappa shape index (κ1) is 25.1. The van der Waals surface area contributed by atoms with Crippen molar-refractivity contribution in [3.05, 3.63) is 71.0 Å². The second-order valence-electron chi connectivity index (χ2n) is 8.75. The molecular formula is C25H30FN3O5S. The van der Waals surface area contributed by atoms with Crippen LogP contribution in [0.2, 0.25) is 0 Å². The van der Waals surface area contributed by atoms with E-state index >= 15 is 0 Å². The fourth-order valence-electron chi connectivity index (χ4n) is 5.10. The highest BCUT2D eigenvalue weighted by Gasteiger charge is 2.43. The van der Waals surface area contributed by atoms with Gasteiger partial charge >= 0.3 is 6.09 Å². The maximum atomic E-state index is 13.8. The average molecular weight is 504 g/mol. The Morgan fingerprint density at radius 3 is 2.60 bits per heavy atom. The van der Waals surface area contributed by atoms with Crippen molar-refractivity contribution in [2.45, 2.75) is 43.2 Å². The van der Waals surface area contributed by atoms with Crippen LogP contribution in [-0.2, 0) is 25.7 Å². The molecule has 0 aliphatic carbocycles. The summed E-state index contributed by atoms with van der Waals surface area (Å²) in [4.78, 5) is 27.0. The number of nitrogens with one attached hydrogen (secondary N) is 1. The van der Waals surface area contributed by atoms with E-state index < -0.39 is 39.3 Å². The SMILES string of the molecule is CCS(=O)(=NC)C1COC(C(=O)N2CCc3ccccc3C2c2ccc(F)cc2)CC1NC(=O)O. The molecule has 2 heterocycles. The van der Waals surface area contributed by atoms with Crippen molar-refractivity contribution in [2.75, 3.05) is 26.0 Å². The van der Waals surface area contributed by atoms with E-state index in [4.69, 9.17) is 4.74 Å². The van der Waals surface area contributed by atoms with Gasteiger partial charge in [0.25, 0.3) is 5.91 Å². The van der Waals surface area contributed by atoms with Crippen LogP contribution in [0.5, 0.6) is 0 Å². The summed E-state index contributed by atoms with van der Waals surface area (Å²) in [6, 6.07) is 12.8. The van der Waals surface area contributed by atoms with Gasteiger partial charge in [-0.2, -0.15) is 0 Å². The van der Waals surface area contributed by atoms with Crippen molar-refractivity contribution in [2.24, 2.45) is 4.36 Å². The van der Waals surface area contributed by atoms with Gasteiger partial charge in [0.1, 0.15) is 11.9 Å². The molecule has 5 atom stereocenters. The molecule has 1 fully saturated rings. The van der Waals surface area contributed by atoms with E-state index in [0.29, 0.717) is 13.0 Å². The number of benzene rings is 2. The molecule has 1 saturated heterocycles. The van der Waals surface area contributed by atoms with E-state index in [1.54, 1.807) is 24.0 Å². The molecule has 2 aromatic rings. The number of carbonyl (C=O) groups is 2. The number of nitrogens with zero attached hydrogens (tertiary/aromatic N) is 2. The van der Waals surface area contributed by atoms with Gasteiger partial charge in [-0.3, -0.25) is 4.79 Å². The molecule has 2 amide bonds. The predicted octanol–water partition coefficient (Wildman–Crippen LogP) is 3.21. The fourth-order valence-corrected chi connectivity index (χ4v) is 7.04. The molecule has 188 valence electrons. The van der Waals surface area contributed by atoms with Crippen LogP contribution in [0.4, 0.5) is 9.18 Å². The third kappa shape index (κ3) is 5.04. The van der Waals surface area contributed by atoms with Crippen molar-refractivity contribution in [1.82, 2.24) is 10.2 Å². The summed E-state index contributed by atoms with van der Waals surface area (Å²) in [5.74, 6) is -0.384. The topological polar surface area (TPSA) is 108 Å². The molecule has 8 nitrogen and oxygen atoms in total. The summed E-state index contributed by atoms with van der Waals surface area (Å²) >= 11 is 0. The van der Waals surface area contributed by atoms with Crippen LogP contribution in [-0.4, -0.2) is 69.6 Å². The normalized spacial score (nSPS) is 25.7. The highest BCUT2D eigenvalue weighted by atomic mass is 32.2. The Balaban J connectivity index is 1.65. The van der Waals surface area contributed by atoms with E-state index in [-0.39, 0.29) is 30.5 Å². The van der Waals surface area contributed by atoms with Crippen molar-refractivity contribution < 1.29 is 28.0 Å². The number of carbonyl (C=O) groups excluding carboxylic acids is 1. The Bertz CT molecular complexity index is 1210. The summed E-state index contributed by atoms with van der Waals surface area (Å²) in [5.41, 5.74) is 2.86. The van der Waals surface area contributed by atoms with Crippen LogP contribution in [0.15, 0.2) is 52.9 Å². The lowest BCUT2D eigenvalue weighted by Gasteiger charge is -2.42. The molecule has 2 N–H and O–H groups in total. The number of halogens is 1. The fraction of sp³-hybridized carbons (Fsp3) is 0.440. The zero-order chi connectivity index (χ0) is 25.2. The second-order valence-corrected chi connectivity index (χ2v) is 11.7. The third-order valence-corrected chi connectivity index (χ3v) is 9.77. The summed E-state index contributed by atoms with van der Waals surface area (Å²) in [6.07, 6.45) is -1.45. The van der Waals surface area contributed by atoms with E-state index in [0.717, 1.165) is 16.7 Å². The van der Waals surface area contributed by atoms with Gasteiger partial charge in [0.05, 0.1) is 33.7 Å². The largest absolute Gasteiger partial charge is 0.465 e. The summed E-state index contributed by atoms with van der Waals surface area (Å²) in [7, 11) is -1.26. The van der Waals surface area contributed by atoms with Gasteiger partial charge in [-0.15, -0.1) is 0 Å². The van der Waals surface area contributed by atoms with E-state index in [1.807, 2.05) is 24.3 Å². The standard InChI is InChI=1S/C25H30FN3O5S/c1-3-35(33,27-2)22-15-34-21(14-20(22)28-25(31)32)24(30)29-13-12-16-6-4-5-7-19(16)23(29)17-8-10-18(26)11-9-17/h4-11,20-23,28H,3,12-15H2,1-2H3,(H,31,32). The van der Waals surface area contributed by atoms with Gasteiger partial charge in [0.2, 0.25) is 0 Å². The summed E-state index contributed by atoms with van der Waals surface area (Å²) < 4.78 is 36.9. The smallest absolute Gasteiger partial charge is 0.404 e. The van der Waals surface area contributed by atoms with Crippen LogP contribution in [0.1, 0.15) is 36.1 Å². The lowest BCUT2D eigenvalue weighted by Crippen LogP contribution is -2.58. The monoisotopic (exact) mass is 503 g/mol. The molecule has 0 radical (unpaired) electrons. The Labute approximate surface area is 204 Å². The van der Waals surface area contributed by atoms with Crippen LogP contribution < -0.4 is 5.32 Å². The van der Waals surface area contributed by atoms with Crippen molar-refractivity contribution in [3.8, 4) is 0 Å². The minimum absolute atomic E-state index is 0.0446. The Kier molecular flexibility index (Phi) is 7.42. The van der Waals surface area contributed by atoms with Gasteiger partial charge < -0.3 is 20.1 Å². The highest BCUT2D eigenvalue weighted by Crippen LogP contribution is 2.36. The Morgan fingerprint density at radius 2 is 1.94 bits per heavy atom. The van der Waals surface area contributed by atoms with Gasteiger partial charge in [0, 0.05) is 25.8 Å². The lowest BCUT2D eigenvalue weighted by atomic mass is 9.87.